The Morgan fingerprint density at radius 3 is 2.52 bits per heavy atom. The van der Waals surface area contributed by atoms with Gasteiger partial charge in [-0.15, -0.1) is 0 Å². The van der Waals surface area contributed by atoms with E-state index < -0.39 is 17.0 Å². The highest BCUT2D eigenvalue weighted by atomic mass is 19.1. The van der Waals surface area contributed by atoms with Crippen molar-refractivity contribution >= 4 is 11.7 Å². The molecule has 0 aliphatic rings. The highest BCUT2D eigenvalue weighted by Crippen LogP contribution is 2.22. The minimum Gasteiger partial charge on any atom is -0.456 e. The number of carbonyl (C=O) groups excluding carboxylic acids is 1. The van der Waals surface area contributed by atoms with E-state index in [0.717, 1.165) is 0 Å². The number of hydrogen-bond acceptors (Lipinski definition) is 5. The quantitative estimate of drug-likeness (QED) is 0.480. The molecule has 8 heteroatoms. The van der Waals surface area contributed by atoms with Gasteiger partial charge in [-0.2, -0.15) is 5.10 Å². The van der Waals surface area contributed by atoms with Gasteiger partial charge in [0.1, 0.15) is 29.9 Å². The molecule has 0 aliphatic carbocycles. The maximum Gasteiger partial charge on any atom is 0.328 e. The molecule has 1 unspecified atom stereocenters. The molecule has 23 heavy (non-hydrogen) atoms. The molecule has 0 amide bonds. The van der Waals surface area contributed by atoms with Gasteiger partial charge in [0.2, 0.25) is 0 Å². The van der Waals surface area contributed by atoms with Crippen molar-refractivity contribution in [3.8, 4) is 0 Å². The molecule has 1 aromatic heterocycles. The summed E-state index contributed by atoms with van der Waals surface area (Å²) in [5.41, 5.74) is 1.08. The smallest absolute Gasteiger partial charge is 0.328 e. The van der Waals surface area contributed by atoms with Crippen LogP contribution in [0.25, 0.3) is 0 Å². The minimum atomic E-state index is -0.581. The van der Waals surface area contributed by atoms with Crippen molar-refractivity contribution in [2.24, 2.45) is 0 Å². The molecule has 1 aromatic carbocycles. The summed E-state index contributed by atoms with van der Waals surface area (Å²) in [5, 5.41) is 14.9. The summed E-state index contributed by atoms with van der Waals surface area (Å²) in [6, 6.07) is 5.62. The van der Waals surface area contributed by atoms with E-state index in [4.69, 9.17) is 4.74 Å². The molecule has 122 valence electrons. The van der Waals surface area contributed by atoms with Crippen molar-refractivity contribution in [1.29, 1.82) is 0 Å². The van der Waals surface area contributed by atoms with Gasteiger partial charge in [0.15, 0.2) is 0 Å². The first-order valence-corrected chi connectivity index (χ1v) is 6.93. The summed E-state index contributed by atoms with van der Waals surface area (Å²) >= 11 is 0. The lowest BCUT2D eigenvalue weighted by Crippen LogP contribution is -2.17. The zero-order valence-electron chi connectivity index (χ0n) is 12.9. The Morgan fingerprint density at radius 2 is 2.00 bits per heavy atom. The van der Waals surface area contributed by atoms with Gasteiger partial charge < -0.3 is 4.74 Å². The summed E-state index contributed by atoms with van der Waals surface area (Å²) < 4.78 is 19.4. The fraction of sp³-hybridized carbons (Fsp3) is 0.333. The van der Waals surface area contributed by atoms with E-state index in [1.54, 1.807) is 6.92 Å². The maximum absolute atomic E-state index is 12.9. The van der Waals surface area contributed by atoms with Gasteiger partial charge in [0.05, 0.1) is 4.92 Å². The third-order valence-corrected chi connectivity index (χ3v) is 3.45. The predicted molar refractivity (Wildman–Crippen MR) is 79.3 cm³/mol. The molecule has 1 heterocycles. The van der Waals surface area contributed by atoms with E-state index in [1.807, 2.05) is 0 Å². The second-order valence-corrected chi connectivity index (χ2v) is 5.12. The fourth-order valence-electron chi connectivity index (χ4n) is 2.26. The van der Waals surface area contributed by atoms with Crippen LogP contribution < -0.4 is 0 Å². The molecule has 0 bridgehead atoms. The lowest BCUT2D eigenvalue weighted by Gasteiger charge is -2.14. The number of aryl methyl sites for hydroxylation is 1. The van der Waals surface area contributed by atoms with E-state index >= 15 is 0 Å². The molecular formula is C15H16FN3O4. The average Bonchev–Trinajstić information content (AvgIpc) is 2.73. The SMILES string of the molecule is Cc1nn(CC(=O)OC(C)c2ccc(F)cc2)c(C)c1[N+](=O)[O-]. The van der Waals surface area contributed by atoms with Crippen LogP contribution in [-0.2, 0) is 16.1 Å². The normalized spacial score (nSPS) is 12.0. The summed E-state index contributed by atoms with van der Waals surface area (Å²) in [5.74, 6) is -0.954. The highest BCUT2D eigenvalue weighted by molar-refractivity contribution is 5.69. The number of carbonyl (C=O) groups is 1. The first-order valence-electron chi connectivity index (χ1n) is 6.93. The third kappa shape index (κ3) is 3.71. The molecule has 0 N–H and O–H groups in total. The van der Waals surface area contributed by atoms with Crippen molar-refractivity contribution < 1.29 is 18.8 Å². The predicted octanol–water partition coefficient (Wildman–Crippen LogP) is 2.85. The summed E-state index contributed by atoms with van der Waals surface area (Å²) in [6.07, 6.45) is -0.560. The maximum atomic E-state index is 12.9. The van der Waals surface area contributed by atoms with Crippen LogP contribution in [0.2, 0.25) is 0 Å². The minimum absolute atomic E-state index is 0.107. The first kappa shape index (κ1) is 16.6. The monoisotopic (exact) mass is 321 g/mol. The topological polar surface area (TPSA) is 87.3 Å². The van der Waals surface area contributed by atoms with E-state index in [9.17, 15) is 19.3 Å². The van der Waals surface area contributed by atoms with Gasteiger partial charge in [-0.05, 0) is 38.5 Å². The van der Waals surface area contributed by atoms with Crippen molar-refractivity contribution in [3.63, 3.8) is 0 Å². The zero-order valence-corrected chi connectivity index (χ0v) is 12.9. The van der Waals surface area contributed by atoms with Crippen molar-refractivity contribution in [2.45, 2.75) is 33.4 Å². The van der Waals surface area contributed by atoms with Crippen molar-refractivity contribution in [2.75, 3.05) is 0 Å². The molecule has 2 aromatic rings. The fourth-order valence-corrected chi connectivity index (χ4v) is 2.26. The second-order valence-electron chi connectivity index (χ2n) is 5.12. The summed E-state index contributed by atoms with van der Waals surface area (Å²) in [4.78, 5) is 22.4. The van der Waals surface area contributed by atoms with E-state index in [1.165, 1.54) is 42.8 Å². The number of esters is 1. The van der Waals surface area contributed by atoms with Gasteiger partial charge in [-0.25, -0.2) is 4.39 Å². The lowest BCUT2D eigenvalue weighted by atomic mass is 10.1. The Morgan fingerprint density at radius 1 is 1.39 bits per heavy atom. The molecule has 1 atom stereocenters. The molecular weight excluding hydrogens is 305 g/mol. The number of benzene rings is 1. The highest BCUT2D eigenvalue weighted by Gasteiger charge is 2.23. The number of aromatic nitrogens is 2. The number of halogens is 1. The van der Waals surface area contributed by atoms with Crippen LogP contribution >= 0.6 is 0 Å². The van der Waals surface area contributed by atoms with Crippen LogP contribution in [0.1, 0.15) is 30.0 Å². The first-order chi connectivity index (χ1) is 10.8. The van der Waals surface area contributed by atoms with E-state index in [2.05, 4.69) is 5.10 Å². The summed E-state index contributed by atoms with van der Waals surface area (Å²) in [7, 11) is 0. The van der Waals surface area contributed by atoms with Crippen LogP contribution in [0, 0.1) is 29.8 Å². The van der Waals surface area contributed by atoms with Gasteiger partial charge in [0.25, 0.3) is 0 Å². The van der Waals surface area contributed by atoms with Crippen LogP contribution in [0.15, 0.2) is 24.3 Å². The Bertz CT molecular complexity index is 740. The van der Waals surface area contributed by atoms with Crippen LogP contribution in [0.4, 0.5) is 10.1 Å². The molecule has 2 rings (SSSR count). The molecule has 0 aliphatic heterocycles. The molecule has 7 nitrogen and oxygen atoms in total. The number of nitrogens with zero attached hydrogens (tertiary/aromatic N) is 3. The molecule has 0 saturated carbocycles. The molecule has 0 saturated heterocycles. The van der Waals surface area contributed by atoms with Gasteiger partial charge >= 0.3 is 11.7 Å². The number of rotatable bonds is 5. The van der Waals surface area contributed by atoms with E-state index in [-0.39, 0.29) is 23.7 Å². The largest absolute Gasteiger partial charge is 0.456 e. The van der Waals surface area contributed by atoms with Gasteiger partial charge in [-0.1, -0.05) is 12.1 Å². The molecule has 0 spiro atoms. The Labute approximate surface area is 131 Å². The molecule has 0 radical (unpaired) electrons. The summed E-state index contributed by atoms with van der Waals surface area (Å²) in [6.45, 7) is 4.46. The average molecular weight is 321 g/mol. The second kappa shape index (κ2) is 6.55. The van der Waals surface area contributed by atoms with Crippen molar-refractivity contribution in [1.82, 2.24) is 9.78 Å². The lowest BCUT2D eigenvalue weighted by molar-refractivity contribution is -0.386. The number of hydrogen-bond donors (Lipinski definition) is 0. The third-order valence-electron chi connectivity index (χ3n) is 3.45. The Kier molecular flexibility index (Phi) is 4.73. The van der Waals surface area contributed by atoms with Crippen LogP contribution in [0.5, 0.6) is 0 Å². The number of ether oxygens (including phenoxy) is 1. The van der Waals surface area contributed by atoms with Crippen molar-refractivity contribution in [3.05, 3.63) is 57.1 Å². The van der Waals surface area contributed by atoms with Gasteiger partial charge in [0, 0.05) is 0 Å². The molecule has 0 fully saturated rings. The zero-order chi connectivity index (χ0) is 17.1. The Hall–Kier alpha value is -2.77. The number of nitro groups is 1. The van der Waals surface area contributed by atoms with E-state index in [0.29, 0.717) is 11.3 Å². The Balaban J connectivity index is 2.06. The standard InChI is InChI=1S/C15H16FN3O4/c1-9-15(19(21)22)10(2)18(17-9)8-14(20)23-11(3)12-4-6-13(16)7-5-12/h4-7,11H,8H2,1-3H3. The van der Waals surface area contributed by atoms with Crippen LogP contribution in [-0.4, -0.2) is 20.7 Å². The van der Waals surface area contributed by atoms with Gasteiger partial charge in [-0.3, -0.25) is 19.6 Å². The van der Waals surface area contributed by atoms with Crippen LogP contribution in [0.3, 0.4) is 0 Å².